The van der Waals surface area contributed by atoms with Crippen molar-refractivity contribution in [2.45, 2.75) is 6.92 Å². The zero-order valence-electron chi connectivity index (χ0n) is 8.14. The van der Waals surface area contributed by atoms with Gasteiger partial charge in [0.05, 0.1) is 6.61 Å². The third-order valence-electron chi connectivity index (χ3n) is 1.59. The number of aliphatic hydroxyl groups is 1. The summed E-state index contributed by atoms with van der Waals surface area (Å²) in [6.45, 7) is 3.37. The summed E-state index contributed by atoms with van der Waals surface area (Å²) in [5.41, 5.74) is 0.0706. The molecule has 0 aliphatic carbocycles. The second kappa shape index (κ2) is 7.85. The summed E-state index contributed by atoms with van der Waals surface area (Å²) in [5, 5.41) is 25.5. The van der Waals surface area contributed by atoms with Gasteiger partial charge in [-0.15, -0.1) is 0 Å². The molecule has 1 N–H and O–H groups in total. The maximum atomic E-state index is 8.67. The summed E-state index contributed by atoms with van der Waals surface area (Å²) < 4.78 is 0. The Labute approximate surface area is 84.0 Å². The minimum Gasteiger partial charge on any atom is -0.395 e. The third kappa shape index (κ3) is 4.97. The van der Waals surface area contributed by atoms with Crippen LogP contribution >= 0.6 is 0 Å². The first-order valence-electron chi connectivity index (χ1n) is 4.32. The highest BCUT2D eigenvalue weighted by molar-refractivity contribution is 5.37. The smallest absolute Gasteiger partial charge is 0.129 e. The normalized spacial score (nSPS) is 9.14. The molecular formula is C10H13N3O. The van der Waals surface area contributed by atoms with Crippen LogP contribution in [0, 0.1) is 22.7 Å². The number of nitriles is 2. The maximum absolute atomic E-state index is 8.67. The molecule has 0 aromatic carbocycles. The van der Waals surface area contributed by atoms with Gasteiger partial charge in [-0.1, -0.05) is 0 Å². The fraction of sp³-hybridized carbons (Fsp3) is 0.400. The number of likely N-dealkylation sites (N-methyl/N-ethyl adjacent to an activating group) is 1. The minimum absolute atomic E-state index is 0.0706. The van der Waals surface area contributed by atoms with Gasteiger partial charge in [0.25, 0.3) is 0 Å². The number of hydrogen-bond acceptors (Lipinski definition) is 4. The molecule has 4 heteroatoms. The van der Waals surface area contributed by atoms with Crippen molar-refractivity contribution in [1.82, 2.24) is 4.90 Å². The summed E-state index contributed by atoms with van der Waals surface area (Å²) in [5.74, 6) is 0. The van der Waals surface area contributed by atoms with Gasteiger partial charge >= 0.3 is 0 Å². The molecule has 0 aliphatic heterocycles. The number of rotatable bonds is 5. The summed E-state index contributed by atoms with van der Waals surface area (Å²) in [4.78, 5) is 1.88. The van der Waals surface area contributed by atoms with Crippen molar-refractivity contribution in [1.29, 1.82) is 10.5 Å². The largest absolute Gasteiger partial charge is 0.395 e. The average Bonchev–Trinajstić information content (AvgIpc) is 2.23. The third-order valence-corrected chi connectivity index (χ3v) is 1.59. The first kappa shape index (κ1) is 12.2. The number of aliphatic hydroxyl groups excluding tert-OH is 1. The first-order valence-corrected chi connectivity index (χ1v) is 4.32. The summed E-state index contributed by atoms with van der Waals surface area (Å²) in [6, 6.07) is 3.51. The quantitative estimate of drug-likeness (QED) is 0.515. The molecule has 0 amide bonds. The van der Waals surface area contributed by atoms with Crippen LogP contribution in [0.25, 0.3) is 0 Å². The Kier molecular flexibility index (Phi) is 6.85. The van der Waals surface area contributed by atoms with E-state index in [4.69, 9.17) is 15.6 Å². The van der Waals surface area contributed by atoms with E-state index in [0.29, 0.717) is 6.54 Å². The molecule has 74 valence electrons. The van der Waals surface area contributed by atoms with Crippen LogP contribution in [0.1, 0.15) is 6.92 Å². The fourth-order valence-corrected chi connectivity index (χ4v) is 0.827. The number of nitrogens with zero attached hydrogens (tertiary/aromatic N) is 3. The molecule has 0 aromatic rings. The Morgan fingerprint density at radius 3 is 2.50 bits per heavy atom. The molecule has 14 heavy (non-hydrogen) atoms. The predicted molar refractivity (Wildman–Crippen MR) is 52.8 cm³/mol. The van der Waals surface area contributed by atoms with Crippen molar-refractivity contribution in [3.63, 3.8) is 0 Å². The van der Waals surface area contributed by atoms with E-state index >= 15 is 0 Å². The van der Waals surface area contributed by atoms with Crippen molar-refractivity contribution < 1.29 is 5.11 Å². The molecule has 0 atom stereocenters. The van der Waals surface area contributed by atoms with Crippen molar-refractivity contribution >= 4 is 0 Å². The van der Waals surface area contributed by atoms with E-state index in [1.54, 1.807) is 24.4 Å². The monoisotopic (exact) mass is 191 g/mol. The molecule has 0 heterocycles. The molecule has 0 spiro atoms. The Hall–Kier alpha value is -1.78. The molecule has 0 aliphatic rings. The van der Waals surface area contributed by atoms with Crippen LogP contribution in [0.5, 0.6) is 0 Å². The molecule has 0 bridgehead atoms. The first-order chi connectivity index (χ1) is 6.78. The molecule has 0 unspecified atom stereocenters. The van der Waals surface area contributed by atoms with Crippen molar-refractivity contribution in [2.75, 3.05) is 19.7 Å². The molecular weight excluding hydrogens is 178 g/mol. The van der Waals surface area contributed by atoms with Crippen LogP contribution in [0.2, 0.25) is 0 Å². The van der Waals surface area contributed by atoms with Gasteiger partial charge in [0.1, 0.15) is 17.7 Å². The molecule has 0 saturated heterocycles. The summed E-state index contributed by atoms with van der Waals surface area (Å²) in [7, 11) is 0. The van der Waals surface area contributed by atoms with Crippen LogP contribution in [0.4, 0.5) is 0 Å². The summed E-state index contributed by atoms with van der Waals surface area (Å²) in [6.07, 6.45) is 4.81. The van der Waals surface area contributed by atoms with E-state index in [1.807, 2.05) is 11.8 Å². The van der Waals surface area contributed by atoms with Crippen molar-refractivity contribution in [2.24, 2.45) is 0 Å². The Balaban J connectivity index is 4.23. The van der Waals surface area contributed by atoms with E-state index in [1.165, 1.54) is 6.08 Å². The zero-order chi connectivity index (χ0) is 10.8. The predicted octanol–water partition coefficient (Wildman–Crippen LogP) is 0.788. The summed E-state index contributed by atoms with van der Waals surface area (Å²) >= 11 is 0. The fourth-order valence-electron chi connectivity index (χ4n) is 0.827. The Morgan fingerprint density at radius 1 is 1.43 bits per heavy atom. The maximum Gasteiger partial charge on any atom is 0.129 e. The van der Waals surface area contributed by atoms with Crippen LogP contribution in [0.15, 0.2) is 23.9 Å². The van der Waals surface area contributed by atoms with Crippen LogP contribution in [-0.2, 0) is 0 Å². The highest BCUT2D eigenvalue weighted by Gasteiger charge is 1.92. The van der Waals surface area contributed by atoms with Gasteiger partial charge < -0.3 is 10.0 Å². The lowest BCUT2D eigenvalue weighted by molar-refractivity contribution is 0.241. The lowest BCUT2D eigenvalue weighted by Crippen LogP contribution is -2.20. The standard InChI is InChI=1S/C10H13N3O/c1-2-13(6-7-14)5-3-4-10(8-11)9-12/h3-5,14H,2,6-7H2,1H3/b5-3+. The average molecular weight is 191 g/mol. The van der Waals surface area contributed by atoms with Crippen molar-refractivity contribution in [3.8, 4) is 12.1 Å². The Morgan fingerprint density at radius 2 is 2.07 bits per heavy atom. The molecule has 0 saturated carbocycles. The highest BCUT2D eigenvalue weighted by atomic mass is 16.3. The topological polar surface area (TPSA) is 71.0 Å². The lowest BCUT2D eigenvalue weighted by atomic mass is 10.3. The second-order valence-electron chi connectivity index (χ2n) is 2.50. The van der Waals surface area contributed by atoms with Gasteiger partial charge in [0.15, 0.2) is 0 Å². The number of hydrogen-bond donors (Lipinski definition) is 1. The number of allylic oxidation sites excluding steroid dienone is 3. The van der Waals surface area contributed by atoms with Gasteiger partial charge in [0.2, 0.25) is 0 Å². The SMILES string of the molecule is CCN(/C=C/C=C(C#N)C#N)CCO. The van der Waals surface area contributed by atoms with Gasteiger partial charge in [0, 0.05) is 13.1 Å². The van der Waals surface area contributed by atoms with Crippen LogP contribution < -0.4 is 0 Å². The van der Waals surface area contributed by atoms with Gasteiger partial charge in [-0.2, -0.15) is 10.5 Å². The van der Waals surface area contributed by atoms with E-state index in [0.717, 1.165) is 6.54 Å². The second-order valence-corrected chi connectivity index (χ2v) is 2.50. The van der Waals surface area contributed by atoms with Gasteiger partial charge in [-0.25, -0.2) is 0 Å². The lowest BCUT2D eigenvalue weighted by Gasteiger charge is -2.15. The zero-order valence-corrected chi connectivity index (χ0v) is 8.14. The van der Waals surface area contributed by atoms with E-state index in [-0.39, 0.29) is 12.2 Å². The molecule has 0 aromatic heterocycles. The molecule has 4 nitrogen and oxygen atoms in total. The van der Waals surface area contributed by atoms with Crippen molar-refractivity contribution in [3.05, 3.63) is 23.9 Å². The van der Waals surface area contributed by atoms with E-state index in [9.17, 15) is 0 Å². The Bertz CT molecular complexity index is 277. The molecule has 0 radical (unpaired) electrons. The minimum atomic E-state index is 0.0706. The molecule has 0 rings (SSSR count). The molecule has 0 fully saturated rings. The van der Waals surface area contributed by atoms with Crippen LogP contribution in [-0.4, -0.2) is 29.7 Å². The van der Waals surface area contributed by atoms with Gasteiger partial charge in [-0.05, 0) is 25.3 Å². The van der Waals surface area contributed by atoms with Gasteiger partial charge in [-0.3, -0.25) is 0 Å². The van der Waals surface area contributed by atoms with E-state index < -0.39 is 0 Å². The van der Waals surface area contributed by atoms with E-state index in [2.05, 4.69) is 0 Å². The van der Waals surface area contributed by atoms with Crippen LogP contribution in [0.3, 0.4) is 0 Å². The highest BCUT2D eigenvalue weighted by Crippen LogP contribution is 1.93.